The first-order valence-electron chi connectivity index (χ1n) is 7.80. The molecule has 1 amide bonds. The molecule has 4 nitrogen and oxygen atoms in total. The van der Waals surface area contributed by atoms with Crippen LogP contribution in [-0.4, -0.2) is 23.5 Å². The van der Waals surface area contributed by atoms with Gasteiger partial charge >= 0.3 is 5.97 Å². The predicted octanol–water partition coefficient (Wildman–Crippen LogP) is 3.33. The first kappa shape index (κ1) is 17.0. The number of amides is 1. The molecule has 1 aromatic rings. The Morgan fingerprint density at radius 3 is 2.73 bits per heavy atom. The van der Waals surface area contributed by atoms with E-state index in [-0.39, 0.29) is 11.4 Å². The van der Waals surface area contributed by atoms with Crippen molar-refractivity contribution >= 4 is 23.2 Å². The lowest BCUT2D eigenvalue weighted by Crippen LogP contribution is -2.46. The molecule has 0 bridgehead atoms. The summed E-state index contributed by atoms with van der Waals surface area (Å²) in [5.41, 5.74) is 0.929. The SMILES string of the molecule is CC1CCc2sc(C(=O)OC(C)C(=O)NC(C)(C)C)cc2C1. The lowest BCUT2D eigenvalue weighted by molar-refractivity contribution is -0.130. The van der Waals surface area contributed by atoms with Crippen molar-refractivity contribution in [2.24, 2.45) is 5.92 Å². The van der Waals surface area contributed by atoms with Gasteiger partial charge in [-0.25, -0.2) is 4.79 Å². The Labute approximate surface area is 136 Å². The fourth-order valence-corrected chi connectivity index (χ4v) is 3.64. The van der Waals surface area contributed by atoms with E-state index in [1.807, 2.05) is 26.8 Å². The van der Waals surface area contributed by atoms with Gasteiger partial charge in [0, 0.05) is 10.4 Å². The van der Waals surface area contributed by atoms with Crippen LogP contribution in [0.5, 0.6) is 0 Å². The van der Waals surface area contributed by atoms with E-state index in [4.69, 9.17) is 4.74 Å². The van der Waals surface area contributed by atoms with E-state index in [0.29, 0.717) is 10.8 Å². The second kappa shape index (κ2) is 6.41. The van der Waals surface area contributed by atoms with Gasteiger partial charge in [0.25, 0.3) is 5.91 Å². The number of nitrogens with one attached hydrogen (secondary N) is 1. The largest absolute Gasteiger partial charge is 0.448 e. The summed E-state index contributed by atoms with van der Waals surface area (Å²) in [5, 5.41) is 2.82. The number of carbonyl (C=O) groups excluding carboxylic acids is 2. The average molecular weight is 323 g/mol. The molecule has 2 rings (SSSR count). The highest BCUT2D eigenvalue weighted by Crippen LogP contribution is 2.32. The molecule has 1 aliphatic rings. The molecule has 1 heterocycles. The third-order valence-electron chi connectivity index (χ3n) is 3.68. The second-order valence-corrected chi connectivity index (χ2v) is 8.33. The molecule has 122 valence electrons. The highest BCUT2D eigenvalue weighted by Gasteiger charge is 2.25. The molecule has 22 heavy (non-hydrogen) atoms. The molecule has 1 aliphatic carbocycles. The number of esters is 1. The zero-order chi connectivity index (χ0) is 16.5. The molecule has 2 atom stereocenters. The molecule has 5 heteroatoms. The van der Waals surface area contributed by atoms with Crippen LogP contribution < -0.4 is 5.32 Å². The van der Waals surface area contributed by atoms with Crippen molar-refractivity contribution < 1.29 is 14.3 Å². The van der Waals surface area contributed by atoms with Crippen molar-refractivity contribution in [2.75, 3.05) is 0 Å². The van der Waals surface area contributed by atoms with Crippen molar-refractivity contribution in [3.63, 3.8) is 0 Å². The van der Waals surface area contributed by atoms with E-state index in [9.17, 15) is 9.59 Å². The Balaban J connectivity index is 1.99. The van der Waals surface area contributed by atoms with Gasteiger partial charge in [0.15, 0.2) is 6.10 Å². The minimum absolute atomic E-state index is 0.268. The number of fused-ring (bicyclic) bond motifs is 1. The first-order chi connectivity index (χ1) is 10.2. The van der Waals surface area contributed by atoms with Crippen LogP contribution in [0.25, 0.3) is 0 Å². The normalized spacial score (nSPS) is 19.2. The van der Waals surface area contributed by atoms with Gasteiger partial charge in [-0.05, 0) is 64.5 Å². The number of carbonyl (C=O) groups is 2. The summed E-state index contributed by atoms with van der Waals surface area (Å²) in [7, 11) is 0. The van der Waals surface area contributed by atoms with E-state index in [0.717, 1.165) is 12.8 Å². The minimum Gasteiger partial charge on any atom is -0.448 e. The Hall–Kier alpha value is -1.36. The standard InChI is InChI=1S/C17H25NO3S/c1-10-6-7-13-12(8-10)9-14(22-13)16(20)21-11(2)15(19)18-17(3,4)5/h9-11H,6-8H2,1-5H3,(H,18,19). The molecule has 0 saturated heterocycles. The molecule has 0 radical (unpaired) electrons. The van der Waals surface area contributed by atoms with Crippen LogP contribution in [0.4, 0.5) is 0 Å². The fourth-order valence-electron chi connectivity index (χ4n) is 2.55. The van der Waals surface area contributed by atoms with E-state index in [2.05, 4.69) is 12.2 Å². The number of hydrogen-bond donors (Lipinski definition) is 1. The smallest absolute Gasteiger partial charge is 0.349 e. The average Bonchev–Trinajstić information content (AvgIpc) is 2.79. The molecule has 0 aliphatic heterocycles. The summed E-state index contributed by atoms with van der Waals surface area (Å²) in [6, 6.07) is 1.94. The highest BCUT2D eigenvalue weighted by atomic mass is 32.1. The van der Waals surface area contributed by atoms with Crippen LogP contribution in [0.1, 0.15) is 61.2 Å². The summed E-state index contributed by atoms with van der Waals surface area (Å²) in [6.07, 6.45) is 2.45. The van der Waals surface area contributed by atoms with Gasteiger partial charge in [0.1, 0.15) is 4.88 Å². The zero-order valence-corrected chi connectivity index (χ0v) is 14.8. The van der Waals surface area contributed by atoms with Crippen molar-refractivity contribution in [2.45, 2.75) is 65.5 Å². The summed E-state index contributed by atoms with van der Waals surface area (Å²) >= 11 is 1.51. The van der Waals surface area contributed by atoms with Crippen LogP contribution >= 0.6 is 11.3 Å². The predicted molar refractivity (Wildman–Crippen MR) is 88.3 cm³/mol. The number of aryl methyl sites for hydroxylation is 1. The second-order valence-electron chi connectivity index (χ2n) is 7.19. The molecule has 0 saturated carbocycles. The Kier molecular flexibility index (Phi) is 4.95. The zero-order valence-electron chi connectivity index (χ0n) is 14.0. The monoisotopic (exact) mass is 323 g/mol. The van der Waals surface area contributed by atoms with Crippen LogP contribution in [0.2, 0.25) is 0 Å². The van der Waals surface area contributed by atoms with Crippen LogP contribution in [0.15, 0.2) is 6.07 Å². The lowest BCUT2D eigenvalue weighted by Gasteiger charge is -2.23. The summed E-state index contributed by atoms with van der Waals surface area (Å²) < 4.78 is 5.31. The number of rotatable bonds is 3. The Bertz CT molecular complexity index is 571. The number of thiophene rings is 1. The molecule has 2 unspecified atom stereocenters. The third kappa shape index (κ3) is 4.32. The van der Waals surface area contributed by atoms with Gasteiger partial charge in [-0.2, -0.15) is 0 Å². The quantitative estimate of drug-likeness (QED) is 0.868. The maximum Gasteiger partial charge on any atom is 0.349 e. The van der Waals surface area contributed by atoms with Gasteiger partial charge in [-0.3, -0.25) is 4.79 Å². The van der Waals surface area contributed by atoms with Gasteiger partial charge < -0.3 is 10.1 Å². The third-order valence-corrected chi connectivity index (χ3v) is 4.90. The molecule has 0 spiro atoms. The van der Waals surface area contributed by atoms with Gasteiger partial charge in [-0.1, -0.05) is 6.92 Å². The van der Waals surface area contributed by atoms with Gasteiger partial charge in [0.05, 0.1) is 0 Å². The topological polar surface area (TPSA) is 55.4 Å². The van der Waals surface area contributed by atoms with Gasteiger partial charge in [0.2, 0.25) is 0 Å². The van der Waals surface area contributed by atoms with E-state index in [1.165, 1.54) is 28.2 Å². The Morgan fingerprint density at radius 2 is 2.09 bits per heavy atom. The van der Waals surface area contributed by atoms with Crippen LogP contribution in [-0.2, 0) is 22.4 Å². The van der Waals surface area contributed by atoms with Crippen LogP contribution in [0.3, 0.4) is 0 Å². The fraction of sp³-hybridized carbons (Fsp3) is 0.647. The molecule has 1 aromatic heterocycles. The molecular weight excluding hydrogens is 298 g/mol. The number of hydrogen-bond acceptors (Lipinski definition) is 4. The van der Waals surface area contributed by atoms with Crippen molar-refractivity contribution in [1.29, 1.82) is 0 Å². The first-order valence-corrected chi connectivity index (χ1v) is 8.62. The van der Waals surface area contributed by atoms with E-state index >= 15 is 0 Å². The maximum absolute atomic E-state index is 12.2. The maximum atomic E-state index is 12.2. The van der Waals surface area contributed by atoms with E-state index in [1.54, 1.807) is 6.92 Å². The summed E-state index contributed by atoms with van der Waals surface area (Å²) in [4.78, 5) is 26.1. The van der Waals surface area contributed by atoms with Gasteiger partial charge in [-0.15, -0.1) is 11.3 Å². The molecular formula is C17H25NO3S. The number of ether oxygens (including phenoxy) is 1. The minimum atomic E-state index is -0.787. The summed E-state index contributed by atoms with van der Waals surface area (Å²) in [6.45, 7) is 9.53. The van der Waals surface area contributed by atoms with Crippen molar-refractivity contribution in [3.05, 3.63) is 21.4 Å². The Morgan fingerprint density at radius 1 is 1.41 bits per heavy atom. The van der Waals surface area contributed by atoms with Crippen LogP contribution in [0, 0.1) is 5.92 Å². The van der Waals surface area contributed by atoms with Crippen molar-refractivity contribution in [3.8, 4) is 0 Å². The highest BCUT2D eigenvalue weighted by molar-refractivity contribution is 7.14. The molecule has 0 aromatic carbocycles. The molecule has 0 fully saturated rings. The lowest BCUT2D eigenvalue weighted by atomic mass is 9.90. The molecule has 1 N–H and O–H groups in total. The summed E-state index contributed by atoms with van der Waals surface area (Å²) in [5.74, 6) is 0.00172. The van der Waals surface area contributed by atoms with E-state index < -0.39 is 12.1 Å². The van der Waals surface area contributed by atoms with Crippen molar-refractivity contribution in [1.82, 2.24) is 5.32 Å².